The van der Waals surface area contributed by atoms with Crippen LogP contribution in [0.15, 0.2) is 6.07 Å². The number of nitrogens with one attached hydrogen (secondary N) is 2. The number of carbonyl (C=O) groups excluding carboxylic acids is 2. The van der Waals surface area contributed by atoms with Gasteiger partial charge in [0.1, 0.15) is 0 Å². The number of piperidine rings is 1. The van der Waals surface area contributed by atoms with E-state index >= 15 is 0 Å². The lowest BCUT2D eigenvalue weighted by Gasteiger charge is -2.47. The molecule has 2 saturated heterocycles. The highest BCUT2D eigenvalue weighted by molar-refractivity contribution is 7.99. The van der Waals surface area contributed by atoms with E-state index in [4.69, 9.17) is 25.8 Å². The van der Waals surface area contributed by atoms with Crippen molar-refractivity contribution in [3.05, 3.63) is 22.2 Å². The first-order chi connectivity index (χ1) is 18.1. The van der Waals surface area contributed by atoms with Crippen molar-refractivity contribution in [1.82, 2.24) is 15.5 Å². The van der Waals surface area contributed by atoms with Crippen LogP contribution >= 0.6 is 23.4 Å². The van der Waals surface area contributed by atoms with Gasteiger partial charge in [0.2, 0.25) is 5.91 Å². The number of fused-ring (bicyclic) bond motifs is 1. The van der Waals surface area contributed by atoms with Crippen molar-refractivity contribution in [1.29, 1.82) is 0 Å². The molecule has 1 saturated carbocycles. The number of nitrogens with zero attached hydrogens (tertiary/aromatic N) is 1. The molecule has 0 radical (unpaired) electrons. The number of hydrogen-bond acceptors (Lipinski definition) is 7. The molecule has 4 unspecified atom stereocenters. The van der Waals surface area contributed by atoms with Gasteiger partial charge >= 0.3 is 0 Å². The first-order valence-corrected chi connectivity index (χ1v) is 15.4. The van der Waals surface area contributed by atoms with Gasteiger partial charge in [0.05, 0.1) is 17.0 Å². The van der Waals surface area contributed by atoms with Crippen LogP contribution in [0.5, 0.6) is 11.5 Å². The van der Waals surface area contributed by atoms with Crippen LogP contribution in [-0.2, 0) is 9.53 Å². The average molecular weight is 566 g/mol. The molecule has 2 N–H and O–H groups in total. The molecular formula is C28H40ClN3O5S. The molecule has 3 heterocycles. The number of likely N-dealkylation sites (tertiary alicyclic amines) is 1. The Hall–Kier alpha value is -1.68. The van der Waals surface area contributed by atoms with Gasteiger partial charge in [-0.1, -0.05) is 11.6 Å². The minimum Gasteiger partial charge on any atom is -0.448 e. The minimum absolute atomic E-state index is 0.0121. The second kappa shape index (κ2) is 11.1. The molecule has 210 valence electrons. The Bertz CT molecular complexity index is 1080. The third-order valence-corrected chi connectivity index (χ3v) is 10.4. The molecule has 3 aliphatic heterocycles. The van der Waals surface area contributed by atoms with Crippen LogP contribution in [0.2, 0.25) is 5.02 Å². The van der Waals surface area contributed by atoms with Crippen LogP contribution < -0.4 is 20.1 Å². The molecule has 4 aliphatic rings. The summed E-state index contributed by atoms with van der Waals surface area (Å²) in [5, 5.41) is 6.51. The van der Waals surface area contributed by atoms with E-state index in [1.165, 1.54) is 0 Å². The number of hydrogen-bond donors (Lipinski definition) is 2. The fourth-order valence-corrected chi connectivity index (χ4v) is 7.77. The van der Waals surface area contributed by atoms with Gasteiger partial charge in [-0.3, -0.25) is 14.5 Å². The van der Waals surface area contributed by atoms with Gasteiger partial charge < -0.3 is 24.8 Å². The number of carbonyl (C=O) groups is 2. The number of amides is 2. The molecule has 8 nitrogen and oxygen atoms in total. The first-order valence-electron chi connectivity index (χ1n) is 13.7. The molecule has 1 aromatic rings. The van der Waals surface area contributed by atoms with Crippen molar-refractivity contribution in [2.24, 2.45) is 11.8 Å². The summed E-state index contributed by atoms with van der Waals surface area (Å²) in [5.74, 6) is -0.0760. The number of thioether (sulfide) groups is 1. The summed E-state index contributed by atoms with van der Waals surface area (Å²) in [6.45, 7) is 8.18. The molecule has 10 heteroatoms. The molecule has 2 amide bonds. The Balaban J connectivity index is 1.23. The predicted octanol–water partition coefficient (Wildman–Crippen LogP) is 4.01. The summed E-state index contributed by atoms with van der Waals surface area (Å²) in [4.78, 5) is 28.4. The van der Waals surface area contributed by atoms with Gasteiger partial charge in [0.15, 0.2) is 11.5 Å². The first kappa shape index (κ1) is 27.9. The average Bonchev–Trinajstić information content (AvgIpc) is 3.24. The van der Waals surface area contributed by atoms with Gasteiger partial charge in [-0.15, -0.1) is 0 Å². The zero-order chi connectivity index (χ0) is 27.2. The smallest absolute Gasteiger partial charge is 0.251 e. The summed E-state index contributed by atoms with van der Waals surface area (Å²) >= 11 is 8.31. The minimum atomic E-state index is -0.816. The third-order valence-electron chi connectivity index (χ3n) is 9.00. The Morgan fingerprint density at radius 1 is 1.26 bits per heavy atom. The quantitative estimate of drug-likeness (QED) is 0.516. The molecule has 3 fully saturated rings. The van der Waals surface area contributed by atoms with Crippen LogP contribution in [0.3, 0.4) is 0 Å². The number of halogens is 1. The van der Waals surface area contributed by atoms with Crippen LogP contribution in [0.1, 0.15) is 61.9 Å². The van der Waals surface area contributed by atoms with Gasteiger partial charge in [-0.2, -0.15) is 11.8 Å². The summed E-state index contributed by atoms with van der Waals surface area (Å²) < 4.78 is 18.3. The van der Waals surface area contributed by atoms with Gasteiger partial charge in [0, 0.05) is 68.0 Å². The lowest BCUT2D eigenvalue weighted by molar-refractivity contribution is -0.130. The molecule has 38 heavy (non-hydrogen) atoms. The van der Waals surface area contributed by atoms with Crippen molar-refractivity contribution in [3.63, 3.8) is 0 Å². The van der Waals surface area contributed by atoms with E-state index in [-0.39, 0.29) is 41.5 Å². The van der Waals surface area contributed by atoms with Gasteiger partial charge in [-0.05, 0) is 58.3 Å². The number of methoxy groups -OCH3 is 1. The van der Waals surface area contributed by atoms with E-state index in [1.807, 2.05) is 27.0 Å². The Kier molecular flexibility index (Phi) is 8.11. The SMILES string of the molecule is COC1CN(C2CCC(C3(C)Oc4c(Cl)cc(C(=O)NCC5C(=O)NC(C)CC5SC)c(C)c4O3)CC2)C1. The Morgan fingerprint density at radius 3 is 2.61 bits per heavy atom. The van der Waals surface area contributed by atoms with E-state index in [0.717, 1.165) is 45.2 Å². The van der Waals surface area contributed by atoms with Crippen molar-refractivity contribution >= 4 is 35.2 Å². The Morgan fingerprint density at radius 2 is 1.95 bits per heavy atom. The molecule has 0 spiro atoms. The zero-order valence-electron chi connectivity index (χ0n) is 23.0. The van der Waals surface area contributed by atoms with Crippen LogP contribution in [0.4, 0.5) is 0 Å². The summed E-state index contributed by atoms with van der Waals surface area (Å²) in [5.41, 5.74) is 1.15. The summed E-state index contributed by atoms with van der Waals surface area (Å²) in [6, 6.07) is 2.39. The summed E-state index contributed by atoms with van der Waals surface area (Å²) in [7, 11) is 1.78. The van der Waals surface area contributed by atoms with Crippen LogP contribution in [0, 0.1) is 18.8 Å². The second-order valence-corrected chi connectivity index (χ2v) is 12.9. The van der Waals surface area contributed by atoms with E-state index in [0.29, 0.717) is 39.8 Å². The molecule has 0 bridgehead atoms. The Labute approximate surface area is 234 Å². The van der Waals surface area contributed by atoms with E-state index in [1.54, 1.807) is 24.9 Å². The van der Waals surface area contributed by atoms with Crippen LogP contribution in [0.25, 0.3) is 0 Å². The molecule has 5 rings (SSSR count). The molecular weight excluding hydrogens is 526 g/mol. The van der Waals surface area contributed by atoms with E-state index in [2.05, 4.69) is 15.5 Å². The van der Waals surface area contributed by atoms with Crippen LogP contribution in [-0.4, -0.2) is 78.9 Å². The highest BCUT2D eigenvalue weighted by Gasteiger charge is 2.48. The zero-order valence-corrected chi connectivity index (χ0v) is 24.5. The fraction of sp³-hybridized carbons (Fsp3) is 0.714. The predicted molar refractivity (Wildman–Crippen MR) is 149 cm³/mol. The number of ether oxygens (including phenoxy) is 3. The van der Waals surface area contributed by atoms with Gasteiger partial charge in [0.25, 0.3) is 11.7 Å². The molecule has 1 aliphatic carbocycles. The van der Waals surface area contributed by atoms with Gasteiger partial charge in [-0.25, -0.2) is 0 Å². The highest BCUT2D eigenvalue weighted by atomic mass is 35.5. The highest BCUT2D eigenvalue weighted by Crippen LogP contribution is 2.52. The second-order valence-electron chi connectivity index (χ2n) is 11.5. The topological polar surface area (TPSA) is 89.1 Å². The number of benzene rings is 1. The van der Waals surface area contributed by atoms with Crippen molar-refractivity contribution < 1.29 is 23.8 Å². The standard InChI is InChI=1S/C28H40ClN3O5S/c1-15-10-23(38-5)21(27(34)31-15)12-30-26(33)20-11-22(29)25-24(16(20)2)36-28(3,37-25)17-6-8-18(9-7-17)32-13-19(14-32)35-4/h11,15,17-19,21,23H,6-10,12-14H2,1-5H3,(H,30,33)(H,31,34). The lowest BCUT2D eigenvalue weighted by atomic mass is 9.80. The van der Waals surface area contributed by atoms with Crippen molar-refractivity contribution in [3.8, 4) is 11.5 Å². The van der Waals surface area contributed by atoms with Crippen molar-refractivity contribution in [2.45, 2.75) is 82.1 Å². The maximum atomic E-state index is 13.2. The monoisotopic (exact) mass is 565 g/mol. The van der Waals surface area contributed by atoms with E-state index < -0.39 is 5.79 Å². The normalized spacial score (nSPS) is 33.5. The molecule has 1 aromatic carbocycles. The maximum Gasteiger partial charge on any atom is 0.251 e. The molecule has 0 aromatic heterocycles. The summed E-state index contributed by atoms with van der Waals surface area (Å²) in [6.07, 6.45) is 7.48. The maximum absolute atomic E-state index is 13.2. The fourth-order valence-electron chi connectivity index (χ4n) is 6.50. The lowest BCUT2D eigenvalue weighted by Crippen LogP contribution is -2.57. The van der Waals surface area contributed by atoms with E-state index in [9.17, 15) is 9.59 Å². The number of rotatable bonds is 7. The largest absolute Gasteiger partial charge is 0.448 e. The van der Waals surface area contributed by atoms with Crippen molar-refractivity contribution in [2.75, 3.05) is 33.0 Å². The third kappa shape index (κ3) is 5.23. The molecule has 4 atom stereocenters.